The Hall–Kier alpha value is -3.42. The van der Waals surface area contributed by atoms with E-state index in [9.17, 15) is 9.90 Å². The molecule has 2 aliphatic rings. The number of amides is 1. The fraction of sp³-hybridized carbons (Fsp3) is 0.379. The molecule has 36 heavy (non-hydrogen) atoms. The van der Waals surface area contributed by atoms with Gasteiger partial charge < -0.3 is 15.0 Å². The number of rotatable bonds is 6. The van der Waals surface area contributed by atoms with Crippen LogP contribution in [-0.2, 0) is 32.5 Å². The summed E-state index contributed by atoms with van der Waals surface area (Å²) in [6.45, 7) is 4.43. The molecule has 2 aromatic carbocycles. The Morgan fingerprint density at radius 1 is 1.03 bits per heavy atom. The van der Waals surface area contributed by atoms with E-state index in [0.717, 1.165) is 50.1 Å². The number of aromatic nitrogens is 3. The summed E-state index contributed by atoms with van der Waals surface area (Å²) in [5.41, 5.74) is 6.58. The number of piperidine rings is 1. The summed E-state index contributed by atoms with van der Waals surface area (Å²) in [5.74, 6) is 0.00514. The molecule has 1 amide bonds. The van der Waals surface area contributed by atoms with Crippen molar-refractivity contribution in [3.8, 4) is 0 Å². The van der Waals surface area contributed by atoms with Crippen molar-refractivity contribution < 1.29 is 9.90 Å². The third-order valence-corrected chi connectivity index (χ3v) is 7.69. The number of nitrogens with zero attached hydrogens (tertiary/aromatic N) is 4. The lowest BCUT2D eigenvalue weighted by Crippen LogP contribution is -2.41. The SMILES string of the molecule is O=C(c1nn(CCc2ccccc2)c2c1CN(Cc1c[nH]c3ccccc13)CC2)N1CCC(O)CC1. The number of hydrogen-bond donors (Lipinski definition) is 2. The predicted molar refractivity (Wildman–Crippen MR) is 140 cm³/mol. The van der Waals surface area contributed by atoms with E-state index in [1.54, 1.807) is 0 Å². The van der Waals surface area contributed by atoms with Gasteiger partial charge in [-0.1, -0.05) is 48.5 Å². The topological polar surface area (TPSA) is 77.4 Å². The number of hydrogen-bond acceptors (Lipinski definition) is 4. The van der Waals surface area contributed by atoms with E-state index in [1.165, 1.54) is 22.2 Å². The lowest BCUT2D eigenvalue weighted by atomic mass is 10.0. The van der Waals surface area contributed by atoms with Crippen LogP contribution in [0.5, 0.6) is 0 Å². The molecule has 4 heterocycles. The number of aliphatic hydroxyl groups is 1. The highest BCUT2D eigenvalue weighted by atomic mass is 16.3. The zero-order valence-electron chi connectivity index (χ0n) is 20.6. The minimum Gasteiger partial charge on any atom is -0.393 e. The lowest BCUT2D eigenvalue weighted by Gasteiger charge is -2.30. The summed E-state index contributed by atoms with van der Waals surface area (Å²) in [7, 11) is 0. The van der Waals surface area contributed by atoms with Gasteiger partial charge in [-0.25, -0.2) is 0 Å². The van der Waals surface area contributed by atoms with E-state index in [2.05, 4.69) is 69.3 Å². The van der Waals surface area contributed by atoms with Crippen molar-refractivity contribution >= 4 is 16.8 Å². The van der Waals surface area contributed by atoms with Crippen LogP contribution < -0.4 is 0 Å². The lowest BCUT2D eigenvalue weighted by molar-refractivity contribution is 0.0538. The number of carbonyl (C=O) groups excluding carboxylic acids is 1. The van der Waals surface area contributed by atoms with E-state index in [0.29, 0.717) is 31.6 Å². The van der Waals surface area contributed by atoms with Gasteiger partial charge in [0.25, 0.3) is 5.91 Å². The average molecular weight is 484 g/mol. The number of para-hydroxylation sites is 1. The van der Waals surface area contributed by atoms with Crippen molar-refractivity contribution in [1.82, 2.24) is 24.6 Å². The van der Waals surface area contributed by atoms with Crippen LogP contribution in [0.1, 0.15) is 45.7 Å². The summed E-state index contributed by atoms with van der Waals surface area (Å²) < 4.78 is 2.08. The molecule has 2 N–H and O–H groups in total. The summed E-state index contributed by atoms with van der Waals surface area (Å²) in [6, 6.07) is 18.9. The number of aryl methyl sites for hydroxylation is 2. The fourth-order valence-corrected chi connectivity index (χ4v) is 5.64. The van der Waals surface area contributed by atoms with E-state index < -0.39 is 0 Å². The standard InChI is InChI=1S/C29H33N5O2/c35-23-11-15-33(16-12-23)29(36)28-25-20-32(19-22-18-30-26-9-5-4-8-24(22)26)14-13-27(25)34(31-28)17-10-21-6-2-1-3-7-21/h1-9,18,23,30,35H,10-17,19-20H2. The first-order valence-corrected chi connectivity index (χ1v) is 13.0. The maximum atomic E-state index is 13.6. The predicted octanol–water partition coefficient (Wildman–Crippen LogP) is 3.76. The van der Waals surface area contributed by atoms with Gasteiger partial charge in [-0.3, -0.25) is 14.4 Å². The molecule has 7 heteroatoms. The average Bonchev–Trinajstić information content (AvgIpc) is 3.49. The number of aliphatic hydroxyl groups excluding tert-OH is 1. The molecule has 0 bridgehead atoms. The van der Waals surface area contributed by atoms with E-state index >= 15 is 0 Å². The molecule has 186 valence electrons. The van der Waals surface area contributed by atoms with Crippen LogP contribution in [0.2, 0.25) is 0 Å². The Morgan fingerprint density at radius 2 is 1.81 bits per heavy atom. The van der Waals surface area contributed by atoms with Gasteiger partial charge in [0.2, 0.25) is 0 Å². The molecule has 0 saturated carbocycles. The van der Waals surface area contributed by atoms with Crippen molar-refractivity contribution in [1.29, 1.82) is 0 Å². The Bertz CT molecular complexity index is 1350. The molecular formula is C29H33N5O2. The van der Waals surface area contributed by atoms with E-state index in [1.807, 2.05) is 11.0 Å². The van der Waals surface area contributed by atoms with E-state index in [-0.39, 0.29) is 12.0 Å². The zero-order chi connectivity index (χ0) is 24.5. The molecule has 7 nitrogen and oxygen atoms in total. The summed E-state index contributed by atoms with van der Waals surface area (Å²) in [6.07, 6.45) is 4.83. The quantitative estimate of drug-likeness (QED) is 0.438. The highest BCUT2D eigenvalue weighted by Crippen LogP contribution is 2.28. The number of likely N-dealkylation sites (tertiary alicyclic amines) is 1. The van der Waals surface area contributed by atoms with Crippen molar-refractivity contribution in [2.45, 2.75) is 51.4 Å². The third-order valence-electron chi connectivity index (χ3n) is 7.69. The first-order valence-electron chi connectivity index (χ1n) is 13.0. The molecule has 2 aromatic heterocycles. The maximum Gasteiger partial charge on any atom is 0.274 e. The summed E-state index contributed by atoms with van der Waals surface area (Å²) >= 11 is 0. The molecule has 6 rings (SSSR count). The van der Waals surface area contributed by atoms with Gasteiger partial charge in [0.1, 0.15) is 0 Å². The number of benzene rings is 2. The number of fused-ring (bicyclic) bond motifs is 2. The molecule has 0 aliphatic carbocycles. The van der Waals surface area contributed by atoms with E-state index in [4.69, 9.17) is 5.10 Å². The fourth-order valence-electron chi connectivity index (χ4n) is 5.64. The maximum absolute atomic E-state index is 13.6. The Balaban J connectivity index is 1.27. The van der Waals surface area contributed by atoms with Crippen molar-refractivity contribution in [3.05, 3.63) is 88.9 Å². The highest BCUT2D eigenvalue weighted by Gasteiger charge is 2.32. The first-order chi connectivity index (χ1) is 17.7. The smallest absolute Gasteiger partial charge is 0.274 e. The van der Waals surface area contributed by atoms with Gasteiger partial charge >= 0.3 is 0 Å². The normalized spacial score (nSPS) is 17.0. The minimum atomic E-state index is -0.307. The molecule has 2 aliphatic heterocycles. The van der Waals surface area contributed by atoms with Gasteiger partial charge in [0.15, 0.2) is 5.69 Å². The molecular weight excluding hydrogens is 450 g/mol. The highest BCUT2D eigenvalue weighted by molar-refractivity contribution is 5.94. The van der Waals surface area contributed by atoms with Crippen LogP contribution in [0.15, 0.2) is 60.8 Å². The van der Waals surface area contributed by atoms with Crippen LogP contribution in [0, 0.1) is 0 Å². The third kappa shape index (κ3) is 4.56. The van der Waals surface area contributed by atoms with Crippen molar-refractivity contribution in [2.75, 3.05) is 19.6 Å². The second-order valence-corrected chi connectivity index (χ2v) is 10.1. The van der Waals surface area contributed by atoms with Gasteiger partial charge in [0.05, 0.1) is 6.10 Å². The number of H-pyrrole nitrogens is 1. The second kappa shape index (κ2) is 9.91. The van der Waals surface area contributed by atoms with Crippen LogP contribution in [0.4, 0.5) is 0 Å². The monoisotopic (exact) mass is 483 g/mol. The van der Waals surface area contributed by atoms with Crippen LogP contribution >= 0.6 is 0 Å². The molecule has 0 radical (unpaired) electrons. The molecule has 0 unspecified atom stereocenters. The molecule has 0 atom stereocenters. The van der Waals surface area contributed by atoms with Crippen molar-refractivity contribution in [3.63, 3.8) is 0 Å². The Labute approximate surface area is 211 Å². The molecule has 1 saturated heterocycles. The summed E-state index contributed by atoms with van der Waals surface area (Å²) in [4.78, 5) is 21.3. The zero-order valence-corrected chi connectivity index (χ0v) is 20.6. The van der Waals surface area contributed by atoms with Gasteiger partial charge in [0, 0.05) is 74.0 Å². The Morgan fingerprint density at radius 3 is 2.64 bits per heavy atom. The first kappa shape index (κ1) is 23.0. The van der Waals surface area contributed by atoms with Gasteiger partial charge in [-0.15, -0.1) is 0 Å². The second-order valence-electron chi connectivity index (χ2n) is 10.1. The Kier molecular flexibility index (Phi) is 6.34. The molecule has 0 spiro atoms. The molecule has 4 aromatic rings. The van der Waals surface area contributed by atoms with Crippen molar-refractivity contribution in [2.24, 2.45) is 0 Å². The van der Waals surface area contributed by atoms with Crippen LogP contribution in [-0.4, -0.2) is 61.3 Å². The number of nitrogens with one attached hydrogen (secondary N) is 1. The van der Waals surface area contributed by atoms with Crippen LogP contribution in [0.25, 0.3) is 10.9 Å². The van der Waals surface area contributed by atoms with Gasteiger partial charge in [-0.05, 0) is 36.5 Å². The van der Waals surface area contributed by atoms with Crippen LogP contribution in [0.3, 0.4) is 0 Å². The summed E-state index contributed by atoms with van der Waals surface area (Å²) in [5, 5.41) is 16.1. The molecule has 1 fully saturated rings. The van der Waals surface area contributed by atoms with Gasteiger partial charge in [-0.2, -0.15) is 5.10 Å². The number of aromatic amines is 1. The largest absolute Gasteiger partial charge is 0.393 e. The minimum absolute atomic E-state index is 0.00514. The number of carbonyl (C=O) groups is 1.